The summed E-state index contributed by atoms with van der Waals surface area (Å²) in [5, 5.41) is 11.1. The first-order valence-corrected chi connectivity index (χ1v) is 10.1. The van der Waals surface area contributed by atoms with Crippen molar-refractivity contribution in [1.82, 2.24) is 25.1 Å². The third-order valence-corrected chi connectivity index (χ3v) is 5.06. The van der Waals surface area contributed by atoms with Gasteiger partial charge in [-0.2, -0.15) is 0 Å². The maximum atomic E-state index is 12.2. The first kappa shape index (κ1) is 19.8. The van der Waals surface area contributed by atoms with Gasteiger partial charge in [-0.15, -0.1) is 10.2 Å². The molecule has 0 aliphatic heterocycles. The van der Waals surface area contributed by atoms with E-state index in [1.54, 1.807) is 0 Å². The standard InChI is InChI=1S/C23H25N5O2/c1-16-6-5-7-17(14-16)15-23-27-26-22(30-23)11-10-21(29)24-13-12-20-25-18-8-3-4-9-19(18)28(20)2/h3-9,14H,10-13,15H2,1-2H3,(H,24,29). The molecule has 154 valence electrons. The van der Waals surface area contributed by atoms with Gasteiger partial charge in [-0.1, -0.05) is 42.0 Å². The fourth-order valence-corrected chi connectivity index (χ4v) is 3.50. The largest absolute Gasteiger partial charge is 0.425 e. The third-order valence-electron chi connectivity index (χ3n) is 5.06. The lowest BCUT2D eigenvalue weighted by Crippen LogP contribution is -2.26. The molecular formula is C23H25N5O2. The van der Waals surface area contributed by atoms with Gasteiger partial charge in [-0.05, 0) is 24.6 Å². The fourth-order valence-electron chi connectivity index (χ4n) is 3.50. The molecule has 0 saturated carbocycles. The lowest BCUT2D eigenvalue weighted by Gasteiger charge is -2.05. The van der Waals surface area contributed by atoms with Crippen LogP contribution in [0, 0.1) is 6.92 Å². The number of para-hydroxylation sites is 2. The molecule has 0 aliphatic rings. The molecule has 0 bridgehead atoms. The molecule has 0 saturated heterocycles. The molecule has 0 spiro atoms. The second-order valence-electron chi connectivity index (χ2n) is 7.43. The maximum Gasteiger partial charge on any atom is 0.220 e. The molecule has 0 radical (unpaired) electrons. The number of fused-ring (bicyclic) bond motifs is 1. The molecule has 0 fully saturated rings. The number of aromatic nitrogens is 4. The first-order valence-electron chi connectivity index (χ1n) is 10.1. The Hall–Kier alpha value is -3.48. The van der Waals surface area contributed by atoms with Gasteiger partial charge in [-0.3, -0.25) is 4.79 Å². The van der Waals surface area contributed by atoms with Crippen molar-refractivity contribution >= 4 is 16.9 Å². The van der Waals surface area contributed by atoms with Gasteiger partial charge in [0.15, 0.2) is 0 Å². The van der Waals surface area contributed by atoms with Crippen LogP contribution in [0.2, 0.25) is 0 Å². The van der Waals surface area contributed by atoms with Gasteiger partial charge in [0.2, 0.25) is 17.7 Å². The Balaban J connectivity index is 1.23. The van der Waals surface area contributed by atoms with Crippen molar-refractivity contribution in [3.63, 3.8) is 0 Å². The van der Waals surface area contributed by atoms with Crippen molar-refractivity contribution in [3.05, 3.63) is 77.3 Å². The number of rotatable bonds is 8. The summed E-state index contributed by atoms with van der Waals surface area (Å²) in [4.78, 5) is 16.8. The molecule has 1 amide bonds. The van der Waals surface area contributed by atoms with Crippen molar-refractivity contribution in [3.8, 4) is 0 Å². The van der Waals surface area contributed by atoms with Crippen molar-refractivity contribution in [2.24, 2.45) is 7.05 Å². The number of carbonyl (C=O) groups is 1. The predicted octanol–water partition coefficient (Wildman–Crippen LogP) is 3.15. The van der Waals surface area contributed by atoms with E-state index in [1.807, 2.05) is 43.4 Å². The summed E-state index contributed by atoms with van der Waals surface area (Å²) in [6, 6.07) is 16.2. The van der Waals surface area contributed by atoms with Crippen LogP contribution >= 0.6 is 0 Å². The Morgan fingerprint density at radius 3 is 2.73 bits per heavy atom. The lowest BCUT2D eigenvalue weighted by atomic mass is 10.1. The van der Waals surface area contributed by atoms with Crippen LogP contribution in [-0.2, 0) is 31.1 Å². The highest BCUT2D eigenvalue weighted by molar-refractivity contribution is 5.76. The Bertz CT molecular complexity index is 1160. The van der Waals surface area contributed by atoms with Gasteiger partial charge in [0.25, 0.3) is 0 Å². The molecule has 0 unspecified atom stereocenters. The van der Waals surface area contributed by atoms with Gasteiger partial charge in [0.1, 0.15) is 5.82 Å². The zero-order chi connectivity index (χ0) is 20.9. The van der Waals surface area contributed by atoms with E-state index in [2.05, 4.69) is 44.1 Å². The normalized spacial score (nSPS) is 11.1. The first-order chi connectivity index (χ1) is 14.6. The van der Waals surface area contributed by atoms with Crippen molar-refractivity contribution < 1.29 is 9.21 Å². The second-order valence-corrected chi connectivity index (χ2v) is 7.43. The molecule has 2 aromatic heterocycles. The van der Waals surface area contributed by atoms with Gasteiger partial charge >= 0.3 is 0 Å². The summed E-state index contributed by atoms with van der Waals surface area (Å²) in [5.74, 6) is 1.97. The molecule has 30 heavy (non-hydrogen) atoms. The SMILES string of the molecule is Cc1cccc(Cc2nnc(CCC(=O)NCCc3nc4ccccc4n3C)o2)c1. The van der Waals surface area contributed by atoms with Gasteiger partial charge in [0, 0.05) is 32.9 Å². The van der Waals surface area contributed by atoms with E-state index in [-0.39, 0.29) is 5.91 Å². The number of hydrogen-bond acceptors (Lipinski definition) is 5. The summed E-state index contributed by atoms with van der Waals surface area (Å²) in [5.41, 5.74) is 4.39. The van der Waals surface area contributed by atoms with Crippen LogP contribution in [0.25, 0.3) is 11.0 Å². The van der Waals surface area contributed by atoms with Crippen LogP contribution in [0.1, 0.15) is 35.2 Å². The monoisotopic (exact) mass is 403 g/mol. The Labute approximate surface area is 175 Å². The van der Waals surface area contributed by atoms with E-state index < -0.39 is 0 Å². The number of nitrogens with one attached hydrogen (secondary N) is 1. The number of amides is 1. The van der Waals surface area contributed by atoms with E-state index in [0.717, 1.165) is 22.4 Å². The van der Waals surface area contributed by atoms with Crippen LogP contribution < -0.4 is 5.32 Å². The highest BCUT2D eigenvalue weighted by Gasteiger charge is 2.11. The van der Waals surface area contributed by atoms with Crippen LogP contribution in [0.3, 0.4) is 0 Å². The third kappa shape index (κ3) is 4.74. The number of aryl methyl sites for hydroxylation is 3. The van der Waals surface area contributed by atoms with Crippen LogP contribution in [0.5, 0.6) is 0 Å². The van der Waals surface area contributed by atoms with Gasteiger partial charge in [0.05, 0.1) is 17.5 Å². The maximum absolute atomic E-state index is 12.2. The average Bonchev–Trinajstić information content (AvgIpc) is 3.31. The van der Waals surface area contributed by atoms with Crippen LogP contribution in [0.4, 0.5) is 0 Å². The zero-order valence-corrected chi connectivity index (χ0v) is 17.3. The molecule has 7 heteroatoms. The molecular weight excluding hydrogens is 378 g/mol. The fraction of sp³-hybridized carbons (Fsp3) is 0.304. The minimum atomic E-state index is -0.0350. The molecule has 1 N–H and O–H groups in total. The van der Waals surface area contributed by atoms with Crippen molar-refractivity contribution in [2.75, 3.05) is 6.54 Å². The average molecular weight is 403 g/mol. The molecule has 4 aromatic rings. The lowest BCUT2D eigenvalue weighted by molar-refractivity contribution is -0.121. The van der Waals surface area contributed by atoms with E-state index in [0.29, 0.717) is 44.0 Å². The van der Waals surface area contributed by atoms with Crippen LogP contribution in [0.15, 0.2) is 52.9 Å². The number of nitrogens with zero attached hydrogens (tertiary/aromatic N) is 4. The van der Waals surface area contributed by atoms with Crippen molar-refractivity contribution in [1.29, 1.82) is 0 Å². The van der Waals surface area contributed by atoms with E-state index in [9.17, 15) is 4.79 Å². The number of carbonyl (C=O) groups excluding carboxylic acids is 1. The molecule has 2 aromatic carbocycles. The number of imidazole rings is 1. The quantitative estimate of drug-likeness (QED) is 0.488. The number of hydrogen-bond donors (Lipinski definition) is 1. The summed E-state index contributed by atoms with van der Waals surface area (Å²) < 4.78 is 7.75. The summed E-state index contributed by atoms with van der Waals surface area (Å²) >= 11 is 0. The molecule has 0 atom stereocenters. The summed E-state index contributed by atoms with van der Waals surface area (Å²) in [7, 11) is 2.00. The molecule has 4 rings (SSSR count). The highest BCUT2D eigenvalue weighted by Crippen LogP contribution is 2.14. The van der Waals surface area contributed by atoms with Gasteiger partial charge < -0.3 is 14.3 Å². The Morgan fingerprint density at radius 1 is 1.07 bits per heavy atom. The Kier molecular flexibility index (Phi) is 5.88. The second kappa shape index (κ2) is 8.90. The minimum Gasteiger partial charge on any atom is -0.425 e. The van der Waals surface area contributed by atoms with Crippen molar-refractivity contribution in [2.45, 2.75) is 32.6 Å². The van der Waals surface area contributed by atoms with E-state index >= 15 is 0 Å². The minimum absolute atomic E-state index is 0.0350. The smallest absolute Gasteiger partial charge is 0.220 e. The van der Waals surface area contributed by atoms with Crippen LogP contribution in [-0.4, -0.2) is 32.2 Å². The summed E-state index contributed by atoms with van der Waals surface area (Å²) in [6.45, 7) is 2.59. The molecule has 7 nitrogen and oxygen atoms in total. The zero-order valence-electron chi connectivity index (χ0n) is 17.3. The topological polar surface area (TPSA) is 85.8 Å². The number of benzene rings is 2. The summed E-state index contributed by atoms with van der Waals surface area (Å²) in [6.07, 6.45) is 2.02. The Morgan fingerprint density at radius 2 is 1.90 bits per heavy atom. The molecule has 2 heterocycles. The predicted molar refractivity (Wildman–Crippen MR) is 114 cm³/mol. The van der Waals surface area contributed by atoms with Gasteiger partial charge in [-0.25, -0.2) is 4.98 Å². The van der Waals surface area contributed by atoms with E-state index in [1.165, 1.54) is 5.56 Å². The van der Waals surface area contributed by atoms with E-state index in [4.69, 9.17) is 4.42 Å². The highest BCUT2D eigenvalue weighted by atomic mass is 16.4. The molecule has 0 aliphatic carbocycles.